The first-order valence-corrected chi connectivity index (χ1v) is 14.3. The van der Waals surface area contributed by atoms with E-state index in [1.165, 1.54) is 45.1 Å². The number of hydrogen-bond donors (Lipinski definition) is 2. The van der Waals surface area contributed by atoms with Crippen LogP contribution < -0.4 is 11.1 Å². The molecular formula is C30H35N9O. The lowest BCUT2D eigenvalue weighted by molar-refractivity contribution is 0.0393. The lowest BCUT2D eigenvalue weighted by atomic mass is 9.89. The summed E-state index contributed by atoms with van der Waals surface area (Å²) in [4.78, 5) is 30.9. The predicted octanol–water partition coefficient (Wildman–Crippen LogP) is 3.98. The van der Waals surface area contributed by atoms with Crippen molar-refractivity contribution in [3.05, 3.63) is 60.7 Å². The van der Waals surface area contributed by atoms with Gasteiger partial charge in [-0.2, -0.15) is 5.10 Å². The van der Waals surface area contributed by atoms with Crippen LogP contribution in [-0.4, -0.2) is 78.7 Å². The van der Waals surface area contributed by atoms with E-state index in [2.05, 4.69) is 41.8 Å². The summed E-state index contributed by atoms with van der Waals surface area (Å²) < 4.78 is 2.09. The fourth-order valence-electron chi connectivity index (χ4n) is 6.97. The van der Waals surface area contributed by atoms with Gasteiger partial charge in [-0.05, 0) is 69.8 Å². The molecule has 3 aromatic heterocycles. The molecule has 0 radical (unpaired) electrons. The number of carbonyl (C=O) groups excluding carboxylic acids is 1. The monoisotopic (exact) mass is 537 g/mol. The largest absolute Gasteiger partial charge is 0.383 e. The number of likely N-dealkylation sites (N-methyl/N-ethyl adjacent to an activating group) is 1. The summed E-state index contributed by atoms with van der Waals surface area (Å²) in [5.74, 6) is 0.181. The number of rotatable bonds is 5. The summed E-state index contributed by atoms with van der Waals surface area (Å²) in [6, 6.07) is 15.3. The molecule has 40 heavy (non-hydrogen) atoms. The van der Waals surface area contributed by atoms with Crippen molar-refractivity contribution in [2.75, 3.05) is 31.2 Å². The fraction of sp³-hybridized carbons (Fsp3) is 0.433. The van der Waals surface area contributed by atoms with E-state index in [4.69, 9.17) is 10.8 Å². The summed E-state index contributed by atoms with van der Waals surface area (Å²) in [5, 5.41) is 8.77. The van der Waals surface area contributed by atoms with Gasteiger partial charge in [0.15, 0.2) is 5.65 Å². The van der Waals surface area contributed by atoms with Crippen molar-refractivity contribution < 1.29 is 4.79 Å². The summed E-state index contributed by atoms with van der Waals surface area (Å²) in [7, 11) is 2.30. The van der Waals surface area contributed by atoms with Crippen molar-refractivity contribution in [2.45, 2.75) is 62.7 Å². The number of nitrogen functional groups attached to an aromatic ring is 1. The molecule has 1 amide bonds. The first-order chi connectivity index (χ1) is 19.5. The topological polar surface area (TPSA) is 118 Å². The lowest BCUT2D eigenvalue weighted by Crippen LogP contribution is -2.55. The quantitative estimate of drug-likeness (QED) is 0.393. The van der Waals surface area contributed by atoms with Gasteiger partial charge < -0.3 is 11.1 Å². The van der Waals surface area contributed by atoms with Gasteiger partial charge >= 0.3 is 0 Å². The molecule has 2 bridgehead atoms. The van der Waals surface area contributed by atoms with Gasteiger partial charge in [0.2, 0.25) is 0 Å². The minimum atomic E-state index is -0.249. The Morgan fingerprint density at radius 2 is 1.57 bits per heavy atom. The number of amides is 1. The van der Waals surface area contributed by atoms with E-state index in [-0.39, 0.29) is 11.9 Å². The fourth-order valence-corrected chi connectivity index (χ4v) is 6.97. The smallest absolute Gasteiger partial charge is 0.274 e. The molecular weight excluding hydrogens is 502 g/mol. The number of fused-ring (bicyclic) bond motifs is 3. The number of nitrogens with one attached hydrogen (secondary N) is 1. The normalized spacial score (nSPS) is 25.3. The number of pyridine rings is 1. The second-order valence-electron chi connectivity index (χ2n) is 11.5. The molecule has 10 nitrogen and oxygen atoms in total. The molecule has 4 aromatic rings. The van der Waals surface area contributed by atoms with Gasteiger partial charge in [-0.3, -0.25) is 19.6 Å². The Morgan fingerprint density at radius 3 is 2.27 bits per heavy atom. The number of nitrogens with zero attached hydrogens (tertiary/aromatic N) is 7. The van der Waals surface area contributed by atoms with E-state index < -0.39 is 0 Å². The highest BCUT2D eigenvalue weighted by Crippen LogP contribution is 2.39. The zero-order chi connectivity index (χ0) is 27.2. The van der Waals surface area contributed by atoms with E-state index in [9.17, 15) is 4.79 Å². The molecule has 2 unspecified atom stereocenters. The van der Waals surface area contributed by atoms with Gasteiger partial charge in [-0.1, -0.05) is 18.2 Å². The highest BCUT2D eigenvalue weighted by Gasteiger charge is 2.40. The number of carbonyl (C=O) groups is 1. The molecule has 3 aliphatic rings. The molecule has 2 saturated heterocycles. The molecule has 0 spiro atoms. The summed E-state index contributed by atoms with van der Waals surface area (Å²) >= 11 is 0. The number of piperazine rings is 1. The molecule has 1 saturated carbocycles. The van der Waals surface area contributed by atoms with Gasteiger partial charge in [0.05, 0.1) is 11.4 Å². The van der Waals surface area contributed by atoms with E-state index in [0.717, 1.165) is 47.2 Å². The molecule has 2 aliphatic heterocycles. The zero-order valence-electron chi connectivity index (χ0n) is 22.8. The highest BCUT2D eigenvalue weighted by atomic mass is 16.1. The van der Waals surface area contributed by atoms with Crippen LogP contribution in [-0.2, 0) is 0 Å². The van der Waals surface area contributed by atoms with Crippen molar-refractivity contribution >= 4 is 28.4 Å². The molecule has 3 fully saturated rings. The van der Waals surface area contributed by atoms with Gasteiger partial charge in [-0.15, -0.1) is 0 Å². The predicted molar refractivity (Wildman–Crippen MR) is 155 cm³/mol. The van der Waals surface area contributed by atoms with Crippen LogP contribution in [0.1, 0.15) is 55.1 Å². The van der Waals surface area contributed by atoms with Gasteiger partial charge in [0.25, 0.3) is 5.91 Å². The Balaban J connectivity index is 1.10. The summed E-state index contributed by atoms with van der Waals surface area (Å²) in [5.41, 5.74) is 9.90. The van der Waals surface area contributed by atoms with E-state index in [1.54, 1.807) is 24.4 Å². The maximum Gasteiger partial charge on any atom is 0.274 e. The minimum Gasteiger partial charge on any atom is -0.383 e. The van der Waals surface area contributed by atoms with Gasteiger partial charge in [-0.25, -0.2) is 14.6 Å². The maximum absolute atomic E-state index is 12.5. The van der Waals surface area contributed by atoms with Gasteiger partial charge in [0.1, 0.15) is 23.5 Å². The Hall–Kier alpha value is -3.89. The van der Waals surface area contributed by atoms with Crippen LogP contribution in [0.3, 0.4) is 0 Å². The molecule has 1 aliphatic carbocycles. The number of aromatic nitrogens is 5. The second kappa shape index (κ2) is 10.3. The van der Waals surface area contributed by atoms with Crippen molar-refractivity contribution in [3.63, 3.8) is 0 Å². The third-order valence-corrected chi connectivity index (χ3v) is 9.24. The van der Waals surface area contributed by atoms with Crippen LogP contribution in [0, 0.1) is 0 Å². The Kier molecular flexibility index (Phi) is 6.44. The summed E-state index contributed by atoms with van der Waals surface area (Å²) in [6.45, 7) is 2.42. The van der Waals surface area contributed by atoms with E-state index in [1.807, 2.05) is 24.3 Å². The van der Waals surface area contributed by atoms with Gasteiger partial charge in [0, 0.05) is 48.7 Å². The third-order valence-electron chi connectivity index (χ3n) is 9.24. The SMILES string of the molecule is CN1C2CCC1CN([C@H]1CC[C@H](n3nc(-c4ccc(NC(=O)c5ccccn5)cc4)c4c(N)ncnc43)CC1)C2. The van der Waals surface area contributed by atoms with Crippen LogP contribution in [0.25, 0.3) is 22.3 Å². The van der Waals surface area contributed by atoms with Crippen LogP contribution >= 0.6 is 0 Å². The van der Waals surface area contributed by atoms with Crippen molar-refractivity contribution in [2.24, 2.45) is 0 Å². The average molecular weight is 538 g/mol. The molecule has 1 aromatic carbocycles. The van der Waals surface area contributed by atoms with E-state index >= 15 is 0 Å². The number of hydrogen-bond acceptors (Lipinski definition) is 8. The van der Waals surface area contributed by atoms with E-state index in [0.29, 0.717) is 23.2 Å². The number of likely N-dealkylation sites (tertiary alicyclic amines) is 1. The molecule has 7 rings (SSSR count). The molecule has 2 atom stereocenters. The van der Waals surface area contributed by atoms with Crippen LogP contribution in [0.4, 0.5) is 11.5 Å². The van der Waals surface area contributed by atoms with Crippen molar-refractivity contribution in [1.82, 2.24) is 34.5 Å². The van der Waals surface area contributed by atoms with Crippen molar-refractivity contribution in [3.8, 4) is 11.3 Å². The van der Waals surface area contributed by atoms with Crippen LogP contribution in [0.2, 0.25) is 0 Å². The van der Waals surface area contributed by atoms with Crippen LogP contribution in [0.5, 0.6) is 0 Å². The third kappa shape index (κ3) is 4.50. The highest BCUT2D eigenvalue weighted by molar-refractivity contribution is 6.03. The number of benzene rings is 1. The van der Waals surface area contributed by atoms with Crippen LogP contribution in [0.15, 0.2) is 55.0 Å². The molecule has 206 valence electrons. The number of anilines is 2. The Morgan fingerprint density at radius 1 is 0.875 bits per heavy atom. The first-order valence-electron chi connectivity index (χ1n) is 14.3. The first kappa shape index (κ1) is 25.1. The standard InChI is InChI=1S/C30H35N9O/c1-37-23-13-14-24(37)17-38(16-23)21-9-11-22(12-10-21)39-29-26(28(31)33-18-34-29)27(36-39)19-5-7-20(8-6-19)35-30(40)25-4-2-3-15-32-25/h2-8,15,18,21-24H,9-14,16-17H2,1H3,(H,35,40)(H2,31,33,34)/t21-,22-,23?,24?. The number of nitrogens with two attached hydrogens (primary N) is 1. The molecule has 5 heterocycles. The van der Waals surface area contributed by atoms with Crippen molar-refractivity contribution in [1.29, 1.82) is 0 Å². The average Bonchev–Trinajstić information content (AvgIpc) is 3.46. The molecule has 3 N–H and O–H groups in total. The lowest BCUT2D eigenvalue weighted by Gasteiger charge is -2.44. The minimum absolute atomic E-state index is 0.249. The molecule has 10 heteroatoms. The Bertz CT molecular complexity index is 1500. The Labute approximate surface area is 233 Å². The summed E-state index contributed by atoms with van der Waals surface area (Å²) in [6.07, 6.45) is 10.3. The maximum atomic E-state index is 12.5. The second-order valence-corrected chi connectivity index (χ2v) is 11.5. The zero-order valence-corrected chi connectivity index (χ0v) is 22.8.